The Bertz CT molecular complexity index is 665. The first kappa shape index (κ1) is 17.0. The third-order valence-electron chi connectivity index (χ3n) is 3.47. The van der Waals surface area contributed by atoms with Gasteiger partial charge >= 0.3 is 0 Å². The minimum absolute atomic E-state index is 0.105. The fourth-order valence-corrected chi connectivity index (χ4v) is 2.31. The van der Waals surface area contributed by atoms with Gasteiger partial charge in [-0.3, -0.25) is 9.78 Å². The molecule has 1 aromatic heterocycles. The minimum atomic E-state index is -0.713. The van der Waals surface area contributed by atoms with Crippen LogP contribution in [0, 0.1) is 11.6 Å². The minimum Gasteiger partial charge on any atom is -0.372 e. The normalized spacial score (nSPS) is 12.0. The van der Waals surface area contributed by atoms with Crippen molar-refractivity contribution in [3.8, 4) is 0 Å². The summed E-state index contributed by atoms with van der Waals surface area (Å²) in [5.41, 5.74) is 0.831. The zero-order valence-electron chi connectivity index (χ0n) is 13.0. The van der Waals surface area contributed by atoms with Crippen LogP contribution in [0.15, 0.2) is 42.7 Å². The summed E-state index contributed by atoms with van der Waals surface area (Å²) in [4.78, 5) is 17.6. The van der Waals surface area contributed by atoms with Crippen molar-refractivity contribution >= 4 is 5.91 Å². The molecule has 1 atom stereocenters. The average Bonchev–Trinajstić information content (AvgIpc) is 2.55. The van der Waals surface area contributed by atoms with Gasteiger partial charge in [0.1, 0.15) is 18.2 Å². The molecule has 0 bridgehead atoms. The van der Waals surface area contributed by atoms with Crippen molar-refractivity contribution in [1.82, 2.24) is 9.88 Å². The predicted molar refractivity (Wildman–Crippen MR) is 81.7 cm³/mol. The van der Waals surface area contributed by atoms with E-state index in [9.17, 15) is 13.6 Å². The third kappa shape index (κ3) is 4.10. The second-order valence-electron chi connectivity index (χ2n) is 5.00. The van der Waals surface area contributed by atoms with E-state index in [1.54, 1.807) is 38.5 Å². The number of nitrogens with zero attached hydrogens (tertiary/aromatic N) is 2. The number of pyridine rings is 1. The Labute approximate surface area is 133 Å². The van der Waals surface area contributed by atoms with E-state index in [1.165, 1.54) is 17.0 Å². The lowest BCUT2D eigenvalue weighted by molar-refractivity contribution is -0.136. The highest BCUT2D eigenvalue weighted by molar-refractivity contribution is 5.78. The molecular formula is C17H18F2N2O2. The molecule has 0 N–H and O–H groups in total. The van der Waals surface area contributed by atoms with Crippen LogP contribution >= 0.6 is 0 Å². The number of hydrogen-bond acceptors (Lipinski definition) is 3. The van der Waals surface area contributed by atoms with Gasteiger partial charge in [0.25, 0.3) is 0 Å². The number of carbonyl (C=O) groups excluding carboxylic acids is 1. The Balaban J connectivity index is 2.42. The number of ether oxygens (including phenoxy) is 1. The Morgan fingerprint density at radius 3 is 2.74 bits per heavy atom. The maximum atomic E-state index is 14.2. The van der Waals surface area contributed by atoms with Crippen molar-refractivity contribution in [3.05, 3.63) is 65.5 Å². The molecule has 2 rings (SSSR count). The van der Waals surface area contributed by atoms with Gasteiger partial charge < -0.3 is 9.64 Å². The molecule has 1 amide bonds. The molecular weight excluding hydrogens is 302 g/mol. The maximum Gasteiger partial charge on any atom is 0.249 e. The van der Waals surface area contributed by atoms with E-state index in [0.29, 0.717) is 12.2 Å². The quantitative estimate of drug-likeness (QED) is 0.822. The molecule has 0 radical (unpaired) electrons. The van der Waals surface area contributed by atoms with E-state index in [0.717, 1.165) is 6.07 Å². The number of amides is 1. The molecule has 0 saturated heterocycles. The molecule has 23 heavy (non-hydrogen) atoms. The summed E-state index contributed by atoms with van der Waals surface area (Å²) < 4.78 is 32.5. The molecule has 0 aliphatic carbocycles. The highest BCUT2D eigenvalue weighted by Crippen LogP contribution is 2.29. The van der Waals surface area contributed by atoms with Crippen molar-refractivity contribution in [2.75, 3.05) is 20.3 Å². The van der Waals surface area contributed by atoms with Crippen LogP contribution in [0.3, 0.4) is 0 Å². The van der Waals surface area contributed by atoms with Crippen molar-refractivity contribution in [2.24, 2.45) is 0 Å². The van der Waals surface area contributed by atoms with Crippen LogP contribution < -0.4 is 0 Å². The van der Waals surface area contributed by atoms with Gasteiger partial charge in [-0.05, 0) is 24.6 Å². The first-order valence-electron chi connectivity index (χ1n) is 7.22. The van der Waals surface area contributed by atoms with Crippen molar-refractivity contribution in [3.63, 3.8) is 0 Å². The Hall–Kier alpha value is -2.34. The van der Waals surface area contributed by atoms with Crippen LogP contribution in [0.2, 0.25) is 0 Å². The molecule has 0 aliphatic heterocycles. The van der Waals surface area contributed by atoms with E-state index >= 15 is 0 Å². The van der Waals surface area contributed by atoms with Crippen molar-refractivity contribution < 1.29 is 18.3 Å². The SMILES string of the molecule is CCOCC(=O)N(C)[C@H](c1cccnc1)c1ccc(F)cc1F. The van der Waals surface area contributed by atoms with Gasteiger partial charge in [-0.15, -0.1) is 0 Å². The lowest BCUT2D eigenvalue weighted by atomic mass is 9.98. The van der Waals surface area contributed by atoms with Crippen LogP contribution in [-0.2, 0) is 9.53 Å². The zero-order chi connectivity index (χ0) is 16.8. The topological polar surface area (TPSA) is 42.4 Å². The van der Waals surface area contributed by atoms with E-state index in [-0.39, 0.29) is 18.1 Å². The molecule has 4 nitrogen and oxygen atoms in total. The number of aromatic nitrogens is 1. The molecule has 0 fully saturated rings. The summed E-state index contributed by atoms with van der Waals surface area (Å²) in [6, 6.07) is 6.04. The monoisotopic (exact) mass is 320 g/mol. The fraction of sp³-hybridized carbons (Fsp3) is 0.294. The summed E-state index contributed by atoms with van der Waals surface area (Å²) >= 11 is 0. The average molecular weight is 320 g/mol. The van der Waals surface area contributed by atoms with Crippen LogP contribution in [-0.4, -0.2) is 36.1 Å². The molecule has 122 valence electrons. The number of carbonyl (C=O) groups is 1. The molecule has 0 saturated carbocycles. The smallest absolute Gasteiger partial charge is 0.249 e. The molecule has 6 heteroatoms. The van der Waals surface area contributed by atoms with Gasteiger partial charge in [-0.2, -0.15) is 0 Å². The number of hydrogen-bond donors (Lipinski definition) is 0. The fourth-order valence-electron chi connectivity index (χ4n) is 2.31. The summed E-state index contributed by atoms with van der Waals surface area (Å²) in [5, 5.41) is 0. The van der Waals surface area contributed by atoms with Crippen molar-refractivity contribution in [1.29, 1.82) is 0 Å². The van der Waals surface area contributed by atoms with Crippen LogP contribution in [0.1, 0.15) is 24.1 Å². The molecule has 1 aromatic carbocycles. The summed E-state index contributed by atoms with van der Waals surface area (Å²) in [5.74, 6) is -1.68. The predicted octanol–water partition coefficient (Wildman–Crippen LogP) is 2.94. The van der Waals surface area contributed by atoms with Crippen LogP contribution in [0.4, 0.5) is 8.78 Å². The Morgan fingerprint density at radius 1 is 1.35 bits per heavy atom. The van der Waals surface area contributed by atoms with Gasteiger partial charge in [0.05, 0.1) is 6.04 Å². The third-order valence-corrected chi connectivity index (χ3v) is 3.47. The van der Waals surface area contributed by atoms with Gasteiger partial charge in [0.2, 0.25) is 5.91 Å². The van der Waals surface area contributed by atoms with E-state index in [1.807, 2.05) is 0 Å². The molecule has 0 spiro atoms. The summed E-state index contributed by atoms with van der Waals surface area (Å²) in [7, 11) is 1.56. The highest BCUT2D eigenvalue weighted by atomic mass is 19.1. The number of benzene rings is 1. The maximum absolute atomic E-state index is 14.2. The van der Waals surface area contributed by atoms with E-state index < -0.39 is 17.7 Å². The number of halogens is 2. The van der Waals surface area contributed by atoms with Gasteiger partial charge in [-0.1, -0.05) is 12.1 Å². The molecule has 2 aromatic rings. The van der Waals surface area contributed by atoms with Crippen molar-refractivity contribution in [2.45, 2.75) is 13.0 Å². The summed E-state index contributed by atoms with van der Waals surface area (Å²) in [6.07, 6.45) is 3.14. The van der Waals surface area contributed by atoms with Gasteiger partial charge in [0, 0.05) is 37.7 Å². The summed E-state index contributed by atoms with van der Waals surface area (Å²) in [6.45, 7) is 2.08. The van der Waals surface area contributed by atoms with Crippen LogP contribution in [0.5, 0.6) is 0 Å². The number of likely N-dealkylation sites (N-methyl/N-ethyl adjacent to an activating group) is 1. The molecule has 0 unspecified atom stereocenters. The van der Waals surface area contributed by atoms with E-state index in [4.69, 9.17) is 4.74 Å². The van der Waals surface area contributed by atoms with E-state index in [2.05, 4.69) is 4.98 Å². The van der Waals surface area contributed by atoms with Gasteiger partial charge in [0.15, 0.2) is 0 Å². The van der Waals surface area contributed by atoms with Gasteiger partial charge in [-0.25, -0.2) is 8.78 Å². The standard InChI is InChI=1S/C17H18F2N2O2/c1-3-23-11-16(22)21(2)17(12-5-4-8-20-10-12)14-7-6-13(18)9-15(14)19/h4-10,17H,3,11H2,1-2H3/t17-/m1/s1. The second kappa shape index (κ2) is 7.78. The first-order valence-corrected chi connectivity index (χ1v) is 7.22. The zero-order valence-corrected chi connectivity index (χ0v) is 13.0. The Morgan fingerprint density at radius 2 is 2.13 bits per heavy atom. The lowest BCUT2D eigenvalue weighted by Gasteiger charge is -2.29. The molecule has 0 aliphatic rings. The highest BCUT2D eigenvalue weighted by Gasteiger charge is 2.26. The molecule has 1 heterocycles. The second-order valence-corrected chi connectivity index (χ2v) is 5.00. The first-order chi connectivity index (χ1) is 11.0. The Kier molecular flexibility index (Phi) is 5.76. The largest absolute Gasteiger partial charge is 0.372 e. The van der Waals surface area contributed by atoms with Crippen LogP contribution in [0.25, 0.3) is 0 Å². The number of rotatable bonds is 6. The lowest BCUT2D eigenvalue weighted by Crippen LogP contribution is -2.35.